The van der Waals surface area contributed by atoms with Crippen LogP contribution in [-0.4, -0.2) is 31.8 Å². The SMILES string of the molecule is COc1cc(/C=N\NC(=O)COc2ccccc2C)ccc1OC(=O)c1ccc(Br)cc1. The molecule has 0 atom stereocenters. The second-order valence-corrected chi connectivity index (χ2v) is 7.57. The number of para-hydroxylation sites is 1. The van der Waals surface area contributed by atoms with Crippen LogP contribution in [0.15, 0.2) is 76.3 Å². The highest BCUT2D eigenvalue weighted by Gasteiger charge is 2.13. The fourth-order valence-corrected chi connectivity index (χ4v) is 2.93. The van der Waals surface area contributed by atoms with E-state index in [4.69, 9.17) is 14.2 Å². The van der Waals surface area contributed by atoms with Gasteiger partial charge in [-0.2, -0.15) is 5.10 Å². The van der Waals surface area contributed by atoms with Crippen LogP contribution < -0.4 is 19.6 Å². The zero-order chi connectivity index (χ0) is 22.9. The van der Waals surface area contributed by atoms with Crippen molar-refractivity contribution in [3.63, 3.8) is 0 Å². The molecule has 32 heavy (non-hydrogen) atoms. The minimum Gasteiger partial charge on any atom is -0.493 e. The standard InChI is InChI=1S/C24H21BrN2O5/c1-16-5-3-4-6-20(16)31-15-23(28)27-26-14-17-7-12-21(22(13-17)30-2)32-24(29)18-8-10-19(25)11-9-18/h3-14H,15H2,1-2H3,(H,27,28)/b26-14-. The molecule has 1 amide bonds. The van der Waals surface area contributed by atoms with Gasteiger partial charge in [-0.15, -0.1) is 0 Å². The summed E-state index contributed by atoms with van der Waals surface area (Å²) in [6.07, 6.45) is 1.45. The first-order valence-corrected chi connectivity index (χ1v) is 10.4. The highest BCUT2D eigenvalue weighted by atomic mass is 79.9. The third-order valence-electron chi connectivity index (χ3n) is 4.33. The predicted octanol–water partition coefficient (Wildman–Crippen LogP) is 4.51. The second kappa shape index (κ2) is 11.1. The van der Waals surface area contributed by atoms with E-state index in [1.54, 1.807) is 48.5 Å². The van der Waals surface area contributed by atoms with Crippen molar-refractivity contribution in [2.75, 3.05) is 13.7 Å². The first-order valence-electron chi connectivity index (χ1n) is 9.62. The molecule has 0 fully saturated rings. The highest BCUT2D eigenvalue weighted by molar-refractivity contribution is 9.10. The Balaban J connectivity index is 1.57. The highest BCUT2D eigenvalue weighted by Crippen LogP contribution is 2.28. The Hall–Kier alpha value is -3.65. The van der Waals surface area contributed by atoms with E-state index >= 15 is 0 Å². The first-order chi connectivity index (χ1) is 15.5. The number of amides is 1. The van der Waals surface area contributed by atoms with Crippen LogP contribution in [0.4, 0.5) is 0 Å². The van der Waals surface area contributed by atoms with Gasteiger partial charge in [-0.3, -0.25) is 4.79 Å². The number of aryl methyl sites for hydroxylation is 1. The van der Waals surface area contributed by atoms with Gasteiger partial charge in [0.2, 0.25) is 0 Å². The third kappa shape index (κ3) is 6.42. The van der Waals surface area contributed by atoms with Gasteiger partial charge in [0.05, 0.1) is 18.9 Å². The second-order valence-electron chi connectivity index (χ2n) is 6.65. The van der Waals surface area contributed by atoms with E-state index in [1.165, 1.54) is 13.3 Å². The Morgan fingerprint density at radius 1 is 1.00 bits per heavy atom. The lowest BCUT2D eigenvalue weighted by atomic mass is 10.2. The van der Waals surface area contributed by atoms with E-state index in [9.17, 15) is 9.59 Å². The number of carbonyl (C=O) groups is 2. The number of nitrogens with one attached hydrogen (secondary N) is 1. The quantitative estimate of drug-likeness (QED) is 0.214. The van der Waals surface area contributed by atoms with Crippen molar-refractivity contribution in [3.8, 4) is 17.2 Å². The number of esters is 1. The smallest absolute Gasteiger partial charge is 0.343 e. The van der Waals surface area contributed by atoms with Crippen LogP contribution in [0.3, 0.4) is 0 Å². The number of ether oxygens (including phenoxy) is 3. The first kappa shape index (κ1) is 23.0. The van der Waals surface area contributed by atoms with Gasteiger partial charge in [-0.1, -0.05) is 34.1 Å². The van der Waals surface area contributed by atoms with Crippen LogP contribution in [0.2, 0.25) is 0 Å². The van der Waals surface area contributed by atoms with Crippen LogP contribution in [0.25, 0.3) is 0 Å². The Kier molecular flexibility index (Phi) is 7.99. The molecule has 0 bridgehead atoms. The summed E-state index contributed by atoms with van der Waals surface area (Å²) in [4.78, 5) is 24.3. The molecule has 0 spiro atoms. The van der Waals surface area contributed by atoms with Crippen molar-refractivity contribution in [2.24, 2.45) is 5.10 Å². The molecule has 0 saturated heterocycles. The van der Waals surface area contributed by atoms with E-state index < -0.39 is 11.9 Å². The molecule has 3 rings (SSSR count). The monoisotopic (exact) mass is 496 g/mol. The van der Waals surface area contributed by atoms with Crippen molar-refractivity contribution in [3.05, 3.63) is 87.9 Å². The third-order valence-corrected chi connectivity index (χ3v) is 4.85. The summed E-state index contributed by atoms with van der Waals surface area (Å²) in [6, 6.07) is 19.2. The predicted molar refractivity (Wildman–Crippen MR) is 125 cm³/mol. The van der Waals surface area contributed by atoms with Crippen molar-refractivity contribution in [2.45, 2.75) is 6.92 Å². The van der Waals surface area contributed by atoms with E-state index in [0.29, 0.717) is 22.6 Å². The number of halogens is 1. The Morgan fingerprint density at radius 2 is 1.75 bits per heavy atom. The van der Waals surface area contributed by atoms with Gasteiger partial charge in [0.1, 0.15) is 5.75 Å². The summed E-state index contributed by atoms with van der Waals surface area (Å²) < 4.78 is 17.1. The van der Waals surface area contributed by atoms with Gasteiger partial charge in [-0.25, -0.2) is 10.2 Å². The number of hydrazone groups is 1. The molecule has 7 nitrogen and oxygen atoms in total. The molecule has 0 aliphatic carbocycles. The summed E-state index contributed by atoms with van der Waals surface area (Å²) in [5, 5.41) is 3.93. The molecular formula is C24H21BrN2O5. The lowest BCUT2D eigenvalue weighted by molar-refractivity contribution is -0.123. The molecule has 0 heterocycles. The fraction of sp³-hybridized carbons (Fsp3) is 0.125. The van der Waals surface area contributed by atoms with Gasteiger partial charge in [0.25, 0.3) is 5.91 Å². The van der Waals surface area contributed by atoms with Crippen molar-refractivity contribution >= 4 is 34.0 Å². The minimum absolute atomic E-state index is 0.156. The van der Waals surface area contributed by atoms with Gasteiger partial charge >= 0.3 is 5.97 Å². The van der Waals surface area contributed by atoms with Crippen molar-refractivity contribution in [1.82, 2.24) is 5.43 Å². The lowest BCUT2D eigenvalue weighted by Gasteiger charge is -2.10. The Bertz CT molecular complexity index is 1130. The number of hydrogen-bond donors (Lipinski definition) is 1. The molecule has 1 N–H and O–H groups in total. The number of hydrogen-bond acceptors (Lipinski definition) is 6. The molecule has 0 saturated carbocycles. The Morgan fingerprint density at radius 3 is 2.47 bits per heavy atom. The number of nitrogens with zero attached hydrogens (tertiary/aromatic N) is 1. The zero-order valence-electron chi connectivity index (χ0n) is 17.5. The molecule has 8 heteroatoms. The van der Waals surface area contributed by atoms with Gasteiger partial charge < -0.3 is 14.2 Å². The van der Waals surface area contributed by atoms with E-state index in [1.807, 2.05) is 25.1 Å². The van der Waals surface area contributed by atoms with Gasteiger partial charge in [-0.05, 0) is 66.6 Å². The molecule has 0 radical (unpaired) electrons. The molecule has 0 aliphatic rings. The molecular weight excluding hydrogens is 476 g/mol. The number of rotatable bonds is 8. The van der Waals surface area contributed by atoms with E-state index in [2.05, 4.69) is 26.5 Å². The van der Waals surface area contributed by atoms with Crippen LogP contribution >= 0.6 is 15.9 Å². The molecule has 164 valence electrons. The van der Waals surface area contributed by atoms with Crippen molar-refractivity contribution < 1.29 is 23.8 Å². The summed E-state index contributed by atoms with van der Waals surface area (Å²) in [5.74, 6) is 0.376. The summed E-state index contributed by atoms with van der Waals surface area (Å²) >= 11 is 3.33. The topological polar surface area (TPSA) is 86.2 Å². The van der Waals surface area contributed by atoms with Crippen molar-refractivity contribution in [1.29, 1.82) is 0 Å². The Labute approximate surface area is 194 Å². The zero-order valence-corrected chi connectivity index (χ0v) is 19.1. The molecule has 3 aromatic rings. The summed E-state index contributed by atoms with van der Waals surface area (Å²) in [5.41, 5.74) is 4.41. The molecule has 0 aromatic heterocycles. The molecule has 3 aromatic carbocycles. The summed E-state index contributed by atoms with van der Waals surface area (Å²) in [7, 11) is 1.47. The molecule has 0 unspecified atom stereocenters. The average Bonchev–Trinajstić information content (AvgIpc) is 2.79. The maximum absolute atomic E-state index is 12.3. The van der Waals surface area contributed by atoms with Gasteiger partial charge in [0.15, 0.2) is 18.1 Å². The van der Waals surface area contributed by atoms with Crippen LogP contribution in [0.5, 0.6) is 17.2 Å². The number of benzene rings is 3. The van der Waals surface area contributed by atoms with E-state index in [-0.39, 0.29) is 12.4 Å². The normalized spacial score (nSPS) is 10.6. The molecule has 0 aliphatic heterocycles. The number of methoxy groups -OCH3 is 1. The lowest BCUT2D eigenvalue weighted by Crippen LogP contribution is -2.24. The minimum atomic E-state index is -0.502. The van der Waals surface area contributed by atoms with E-state index in [0.717, 1.165) is 10.0 Å². The van der Waals surface area contributed by atoms with Crippen LogP contribution in [-0.2, 0) is 4.79 Å². The fourth-order valence-electron chi connectivity index (χ4n) is 2.67. The maximum atomic E-state index is 12.3. The summed E-state index contributed by atoms with van der Waals surface area (Å²) in [6.45, 7) is 1.75. The largest absolute Gasteiger partial charge is 0.493 e. The van der Waals surface area contributed by atoms with Gasteiger partial charge in [0, 0.05) is 4.47 Å². The maximum Gasteiger partial charge on any atom is 0.343 e. The van der Waals surface area contributed by atoms with Crippen LogP contribution in [0.1, 0.15) is 21.5 Å². The van der Waals surface area contributed by atoms with Crippen LogP contribution in [0, 0.1) is 6.92 Å². The average molecular weight is 497 g/mol. The number of carbonyl (C=O) groups excluding carboxylic acids is 2.